The molecule has 1 aromatic heterocycles. The Balaban J connectivity index is 1.95. The van der Waals surface area contributed by atoms with E-state index in [-0.39, 0.29) is 0 Å². The van der Waals surface area contributed by atoms with Crippen molar-refractivity contribution < 1.29 is 9.47 Å². The molecule has 0 radical (unpaired) electrons. The zero-order chi connectivity index (χ0) is 13.0. The van der Waals surface area contributed by atoms with Crippen molar-refractivity contribution in [2.75, 3.05) is 12.3 Å². The Morgan fingerprint density at radius 2 is 1.78 bits per heavy atom. The van der Waals surface area contributed by atoms with E-state index >= 15 is 0 Å². The molecule has 1 heterocycles. The molecule has 2 aromatic rings. The van der Waals surface area contributed by atoms with Crippen molar-refractivity contribution in [3.8, 4) is 11.5 Å². The first-order chi connectivity index (χ1) is 8.69. The molecule has 5 heteroatoms. The summed E-state index contributed by atoms with van der Waals surface area (Å²) in [5, 5.41) is 4.12. The lowest BCUT2D eigenvalue weighted by Gasteiger charge is -2.08. The third kappa shape index (κ3) is 2.94. The number of benzene rings is 1. The number of hydrogen-bond acceptors (Lipinski definition) is 4. The van der Waals surface area contributed by atoms with Crippen LogP contribution in [0, 0.1) is 6.92 Å². The fourth-order valence-corrected chi connectivity index (χ4v) is 1.60. The number of aromatic nitrogens is 2. The number of anilines is 1. The van der Waals surface area contributed by atoms with Gasteiger partial charge in [0.15, 0.2) is 6.73 Å². The van der Waals surface area contributed by atoms with E-state index < -0.39 is 0 Å². The largest absolute Gasteiger partial charge is 0.494 e. The average Bonchev–Trinajstić information content (AvgIpc) is 2.67. The summed E-state index contributed by atoms with van der Waals surface area (Å²) in [6.45, 7) is 4.89. The quantitative estimate of drug-likeness (QED) is 0.879. The van der Waals surface area contributed by atoms with Crippen LogP contribution in [0.1, 0.15) is 12.6 Å². The molecule has 0 atom stereocenters. The Hall–Kier alpha value is -2.17. The van der Waals surface area contributed by atoms with Crippen molar-refractivity contribution >= 4 is 5.82 Å². The highest BCUT2D eigenvalue weighted by atomic mass is 16.5. The monoisotopic (exact) mass is 247 g/mol. The fourth-order valence-electron chi connectivity index (χ4n) is 1.60. The standard InChI is InChI=1S/C13H17N3O2/c1-3-17-11-4-6-12(7-5-11)18-9-16-10(2)8-13(14)15-16/h4-8H,3,9H2,1-2H3,(H2,14,15). The first-order valence-corrected chi connectivity index (χ1v) is 5.84. The van der Waals surface area contributed by atoms with E-state index in [1.54, 1.807) is 4.68 Å². The van der Waals surface area contributed by atoms with Crippen molar-refractivity contribution in [3.05, 3.63) is 36.0 Å². The van der Waals surface area contributed by atoms with E-state index in [1.807, 2.05) is 44.2 Å². The number of ether oxygens (including phenoxy) is 2. The van der Waals surface area contributed by atoms with Gasteiger partial charge in [-0.2, -0.15) is 5.10 Å². The van der Waals surface area contributed by atoms with Gasteiger partial charge in [0.2, 0.25) is 0 Å². The summed E-state index contributed by atoms with van der Waals surface area (Å²) in [4.78, 5) is 0. The summed E-state index contributed by atoms with van der Waals surface area (Å²) in [5.41, 5.74) is 6.57. The van der Waals surface area contributed by atoms with Crippen molar-refractivity contribution in [2.45, 2.75) is 20.6 Å². The summed E-state index contributed by atoms with van der Waals surface area (Å²) in [5.74, 6) is 2.11. The molecule has 96 valence electrons. The molecule has 0 bridgehead atoms. The lowest BCUT2D eigenvalue weighted by Crippen LogP contribution is -2.08. The zero-order valence-corrected chi connectivity index (χ0v) is 10.6. The Kier molecular flexibility index (Phi) is 3.72. The van der Waals surface area contributed by atoms with Gasteiger partial charge in [0.25, 0.3) is 0 Å². The highest BCUT2D eigenvalue weighted by molar-refractivity contribution is 5.31. The van der Waals surface area contributed by atoms with Gasteiger partial charge < -0.3 is 15.2 Å². The lowest BCUT2D eigenvalue weighted by atomic mass is 10.3. The Bertz CT molecular complexity index is 505. The summed E-state index contributed by atoms with van der Waals surface area (Å²) < 4.78 is 12.7. The maximum atomic E-state index is 5.61. The van der Waals surface area contributed by atoms with Crippen LogP contribution in [0.25, 0.3) is 0 Å². The molecular weight excluding hydrogens is 230 g/mol. The van der Waals surface area contributed by atoms with E-state index in [1.165, 1.54) is 0 Å². The van der Waals surface area contributed by atoms with Crippen LogP contribution in [-0.4, -0.2) is 16.4 Å². The second kappa shape index (κ2) is 5.44. The number of nitrogen functional groups attached to an aromatic ring is 1. The van der Waals surface area contributed by atoms with Crippen molar-refractivity contribution in [2.24, 2.45) is 0 Å². The highest BCUT2D eigenvalue weighted by Gasteiger charge is 2.02. The predicted molar refractivity (Wildman–Crippen MR) is 69.6 cm³/mol. The zero-order valence-electron chi connectivity index (χ0n) is 10.6. The maximum absolute atomic E-state index is 5.61. The average molecular weight is 247 g/mol. The molecule has 18 heavy (non-hydrogen) atoms. The number of hydrogen-bond donors (Lipinski definition) is 1. The van der Waals surface area contributed by atoms with Gasteiger partial charge in [0, 0.05) is 11.8 Å². The number of rotatable bonds is 5. The summed E-state index contributed by atoms with van der Waals surface area (Å²) >= 11 is 0. The molecule has 0 aliphatic rings. The Morgan fingerprint density at radius 1 is 1.17 bits per heavy atom. The van der Waals surface area contributed by atoms with Gasteiger partial charge in [-0.15, -0.1) is 0 Å². The Labute approximate surface area is 106 Å². The first kappa shape index (κ1) is 12.3. The molecule has 0 saturated heterocycles. The van der Waals surface area contributed by atoms with Crippen LogP contribution >= 0.6 is 0 Å². The van der Waals surface area contributed by atoms with E-state index in [0.29, 0.717) is 19.2 Å². The third-order valence-electron chi connectivity index (χ3n) is 2.49. The van der Waals surface area contributed by atoms with Gasteiger partial charge in [-0.25, -0.2) is 4.68 Å². The van der Waals surface area contributed by atoms with E-state index in [4.69, 9.17) is 15.2 Å². The summed E-state index contributed by atoms with van der Waals surface area (Å²) in [7, 11) is 0. The minimum absolute atomic E-state index is 0.344. The molecule has 1 aromatic carbocycles. The van der Waals surface area contributed by atoms with E-state index in [0.717, 1.165) is 17.2 Å². The lowest BCUT2D eigenvalue weighted by molar-refractivity contribution is 0.218. The first-order valence-electron chi connectivity index (χ1n) is 5.84. The highest BCUT2D eigenvalue weighted by Crippen LogP contribution is 2.18. The molecule has 2 N–H and O–H groups in total. The van der Waals surface area contributed by atoms with Crippen LogP contribution < -0.4 is 15.2 Å². The molecule has 2 rings (SSSR count). The van der Waals surface area contributed by atoms with Crippen LogP contribution in [-0.2, 0) is 6.73 Å². The Morgan fingerprint density at radius 3 is 2.28 bits per heavy atom. The van der Waals surface area contributed by atoms with Crippen molar-refractivity contribution in [1.29, 1.82) is 0 Å². The van der Waals surface area contributed by atoms with Crippen molar-refractivity contribution in [3.63, 3.8) is 0 Å². The molecule has 0 saturated carbocycles. The van der Waals surface area contributed by atoms with Gasteiger partial charge in [-0.3, -0.25) is 0 Å². The minimum atomic E-state index is 0.344. The predicted octanol–water partition coefficient (Wildman–Crippen LogP) is 2.21. The van der Waals surface area contributed by atoms with Crippen molar-refractivity contribution in [1.82, 2.24) is 9.78 Å². The van der Waals surface area contributed by atoms with Gasteiger partial charge in [0.05, 0.1) is 6.61 Å². The van der Waals surface area contributed by atoms with Crippen LogP contribution in [0.15, 0.2) is 30.3 Å². The van der Waals surface area contributed by atoms with Gasteiger partial charge in [-0.05, 0) is 38.1 Å². The van der Waals surface area contributed by atoms with Gasteiger partial charge in [0.1, 0.15) is 17.3 Å². The second-order valence-corrected chi connectivity index (χ2v) is 3.89. The van der Waals surface area contributed by atoms with E-state index in [2.05, 4.69) is 5.10 Å². The molecule has 0 amide bonds. The van der Waals surface area contributed by atoms with Gasteiger partial charge >= 0.3 is 0 Å². The normalized spacial score (nSPS) is 10.3. The van der Waals surface area contributed by atoms with Crippen LogP contribution in [0.5, 0.6) is 11.5 Å². The number of aryl methyl sites for hydroxylation is 1. The topological polar surface area (TPSA) is 62.3 Å². The molecule has 0 fully saturated rings. The molecular formula is C13H17N3O2. The maximum Gasteiger partial charge on any atom is 0.181 e. The van der Waals surface area contributed by atoms with Gasteiger partial charge in [-0.1, -0.05) is 0 Å². The summed E-state index contributed by atoms with van der Waals surface area (Å²) in [6.07, 6.45) is 0. The smallest absolute Gasteiger partial charge is 0.181 e. The minimum Gasteiger partial charge on any atom is -0.494 e. The molecule has 0 unspecified atom stereocenters. The van der Waals surface area contributed by atoms with Crippen LogP contribution in [0.2, 0.25) is 0 Å². The third-order valence-corrected chi connectivity index (χ3v) is 2.49. The van der Waals surface area contributed by atoms with Crippen LogP contribution in [0.3, 0.4) is 0 Å². The number of nitrogens with zero attached hydrogens (tertiary/aromatic N) is 2. The summed E-state index contributed by atoms with van der Waals surface area (Å²) in [6, 6.07) is 9.30. The molecule has 0 spiro atoms. The van der Waals surface area contributed by atoms with Crippen LogP contribution in [0.4, 0.5) is 5.82 Å². The second-order valence-electron chi connectivity index (χ2n) is 3.89. The molecule has 5 nitrogen and oxygen atoms in total. The fraction of sp³-hybridized carbons (Fsp3) is 0.308. The molecule has 0 aliphatic carbocycles. The SMILES string of the molecule is CCOc1ccc(OCn2nc(N)cc2C)cc1. The molecule has 0 aliphatic heterocycles. The van der Waals surface area contributed by atoms with E-state index in [9.17, 15) is 0 Å². The number of nitrogens with two attached hydrogens (primary N) is 1.